The second-order valence-electron chi connectivity index (χ2n) is 4.62. The number of pyridine rings is 1. The minimum absolute atomic E-state index is 0.0933. The molecule has 1 N–H and O–H groups in total. The van der Waals surface area contributed by atoms with Crippen LogP contribution in [0.25, 0.3) is 10.8 Å². The molecule has 0 fully saturated rings. The van der Waals surface area contributed by atoms with Gasteiger partial charge in [0.25, 0.3) is 5.91 Å². The monoisotopic (exact) mass is 242 g/mol. The fraction of sp³-hybridized carbons (Fsp3) is 0.333. The van der Waals surface area contributed by atoms with Crippen molar-refractivity contribution < 1.29 is 4.79 Å². The number of rotatable bonds is 3. The molecule has 0 bridgehead atoms. The van der Waals surface area contributed by atoms with E-state index in [9.17, 15) is 4.79 Å². The topological polar surface area (TPSA) is 42.0 Å². The molecule has 0 aliphatic carbocycles. The first-order chi connectivity index (χ1) is 8.61. The summed E-state index contributed by atoms with van der Waals surface area (Å²) in [7, 11) is 0. The van der Waals surface area contributed by atoms with Crippen molar-refractivity contribution in [1.29, 1.82) is 0 Å². The third-order valence-corrected chi connectivity index (χ3v) is 3.07. The normalized spacial score (nSPS) is 12.4. The number of amides is 1. The fourth-order valence-electron chi connectivity index (χ4n) is 1.90. The first-order valence-electron chi connectivity index (χ1n) is 6.29. The summed E-state index contributed by atoms with van der Waals surface area (Å²) in [5.41, 5.74) is 1.38. The summed E-state index contributed by atoms with van der Waals surface area (Å²) in [5.74, 6) is -0.0933. The molecule has 3 heteroatoms. The first kappa shape index (κ1) is 12.6. The lowest BCUT2D eigenvalue weighted by Gasteiger charge is -2.12. The molecule has 0 aliphatic heterocycles. The van der Waals surface area contributed by atoms with E-state index in [4.69, 9.17) is 0 Å². The minimum Gasteiger partial charge on any atom is -0.348 e. The molecule has 3 nitrogen and oxygen atoms in total. The molecule has 0 saturated carbocycles. The summed E-state index contributed by atoms with van der Waals surface area (Å²) in [6, 6.07) is 10.0. The number of nitrogens with zero attached hydrogens (tertiary/aromatic N) is 1. The van der Waals surface area contributed by atoms with Crippen molar-refractivity contribution in [3.8, 4) is 0 Å². The standard InChI is InChI=1S/C15H18N2O/c1-4-10(2)17-15(18)14-13-8-6-5-7-12(13)9-11(3)16-14/h5-10H,4H2,1-3H3,(H,17,18). The maximum atomic E-state index is 12.2. The molecule has 1 atom stereocenters. The van der Waals surface area contributed by atoms with Crippen LogP contribution in [0.2, 0.25) is 0 Å². The molecule has 1 heterocycles. The minimum atomic E-state index is -0.0933. The van der Waals surface area contributed by atoms with E-state index in [0.29, 0.717) is 5.69 Å². The predicted molar refractivity (Wildman–Crippen MR) is 73.7 cm³/mol. The van der Waals surface area contributed by atoms with Gasteiger partial charge in [-0.05, 0) is 31.7 Å². The molecule has 0 aliphatic rings. The van der Waals surface area contributed by atoms with E-state index in [2.05, 4.69) is 10.3 Å². The molecule has 1 aromatic carbocycles. The van der Waals surface area contributed by atoms with Crippen molar-refractivity contribution in [3.05, 3.63) is 41.7 Å². The number of aryl methyl sites for hydroxylation is 1. The summed E-state index contributed by atoms with van der Waals surface area (Å²) in [5, 5.41) is 4.93. The highest BCUT2D eigenvalue weighted by molar-refractivity contribution is 6.05. The number of nitrogens with one attached hydrogen (secondary N) is 1. The molecule has 94 valence electrons. The van der Waals surface area contributed by atoms with Crippen LogP contribution in [0.15, 0.2) is 30.3 Å². The van der Waals surface area contributed by atoms with Crippen LogP contribution < -0.4 is 5.32 Å². The van der Waals surface area contributed by atoms with Crippen molar-refractivity contribution in [1.82, 2.24) is 10.3 Å². The molecule has 2 rings (SSSR count). The van der Waals surface area contributed by atoms with Gasteiger partial charge in [0.1, 0.15) is 5.69 Å². The van der Waals surface area contributed by atoms with Gasteiger partial charge in [0.2, 0.25) is 0 Å². The molecule has 0 saturated heterocycles. The Morgan fingerprint density at radius 2 is 2.11 bits per heavy atom. The number of fused-ring (bicyclic) bond motifs is 1. The number of hydrogen-bond donors (Lipinski definition) is 1. The highest BCUT2D eigenvalue weighted by Crippen LogP contribution is 2.18. The van der Waals surface area contributed by atoms with E-state index in [1.54, 1.807) is 0 Å². The number of benzene rings is 1. The Hall–Kier alpha value is -1.90. The third kappa shape index (κ3) is 2.50. The molecule has 1 unspecified atom stereocenters. The largest absolute Gasteiger partial charge is 0.348 e. The van der Waals surface area contributed by atoms with Crippen LogP contribution in [0, 0.1) is 6.92 Å². The summed E-state index contributed by atoms with van der Waals surface area (Å²) in [6.45, 7) is 5.95. The van der Waals surface area contributed by atoms with E-state index >= 15 is 0 Å². The van der Waals surface area contributed by atoms with Crippen LogP contribution in [0.3, 0.4) is 0 Å². The highest BCUT2D eigenvalue weighted by atomic mass is 16.1. The van der Waals surface area contributed by atoms with Gasteiger partial charge in [-0.2, -0.15) is 0 Å². The molecule has 2 aromatic rings. The van der Waals surface area contributed by atoms with Crippen molar-refractivity contribution in [2.75, 3.05) is 0 Å². The van der Waals surface area contributed by atoms with Crippen molar-refractivity contribution in [2.45, 2.75) is 33.2 Å². The van der Waals surface area contributed by atoms with Gasteiger partial charge in [-0.3, -0.25) is 4.79 Å². The molecule has 0 radical (unpaired) electrons. The Morgan fingerprint density at radius 3 is 2.83 bits per heavy atom. The van der Waals surface area contributed by atoms with Crippen molar-refractivity contribution in [2.24, 2.45) is 0 Å². The number of aromatic nitrogens is 1. The second kappa shape index (κ2) is 5.17. The molecule has 0 spiro atoms. The van der Waals surface area contributed by atoms with Gasteiger partial charge in [-0.25, -0.2) is 4.98 Å². The van der Waals surface area contributed by atoms with Gasteiger partial charge in [0, 0.05) is 17.1 Å². The average molecular weight is 242 g/mol. The van der Waals surface area contributed by atoms with Gasteiger partial charge in [0.15, 0.2) is 0 Å². The molecule has 1 amide bonds. The zero-order valence-electron chi connectivity index (χ0n) is 11.0. The Morgan fingerprint density at radius 1 is 1.39 bits per heavy atom. The van der Waals surface area contributed by atoms with Crippen LogP contribution in [0.5, 0.6) is 0 Å². The van der Waals surface area contributed by atoms with Crippen LogP contribution in [0.4, 0.5) is 0 Å². The molecule has 1 aromatic heterocycles. The average Bonchev–Trinajstić information content (AvgIpc) is 2.37. The number of carbonyl (C=O) groups is 1. The van der Waals surface area contributed by atoms with Gasteiger partial charge in [-0.1, -0.05) is 31.2 Å². The van der Waals surface area contributed by atoms with E-state index in [0.717, 1.165) is 22.9 Å². The summed E-state index contributed by atoms with van der Waals surface area (Å²) in [6.07, 6.45) is 0.912. The van der Waals surface area contributed by atoms with Gasteiger partial charge in [-0.15, -0.1) is 0 Å². The zero-order valence-corrected chi connectivity index (χ0v) is 11.0. The molecule has 18 heavy (non-hydrogen) atoms. The Bertz CT molecular complexity index is 578. The van der Waals surface area contributed by atoms with Crippen molar-refractivity contribution >= 4 is 16.7 Å². The summed E-state index contributed by atoms with van der Waals surface area (Å²) >= 11 is 0. The SMILES string of the molecule is CCC(C)NC(=O)c1nc(C)cc2ccccc12. The fourth-order valence-corrected chi connectivity index (χ4v) is 1.90. The number of carbonyl (C=O) groups excluding carboxylic acids is 1. The number of hydrogen-bond acceptors (Lipinski definition) is 2. The maximum Gasteiger partial charge on any atom is 0.270 e. The van der Waals surface area contributed by atoms with Gasteiger partial charge >= 0.3 is 0 Å². The zero-order chi connectivity index (χ0) is 13.1. The van der Waals surface area contributed by atoms with Crippen LogP contribution >= 0.6 is 0 Å². The lowest BCUT2D eigenvalue weighted by molar-refractivity contribution is 0.0936. The Balaban J connectivity index is 2.46. The Labute approximate surface area is 107 Å². The quantitative estimate of drug-likeness (QED) is 0.898. The predicted octanol–water partition coefficient (Wildman–Crippen LogP) is 3.07. The lowest BCUT2D eigenvalue weighted by atomic mass is 10.1. The van der Waals surface area contributed by atoms with E-state index in [1.807, 2.05) is 51.1 Å². The van der Waals surface area contributed by atoms with Gasteiger partial charge < -0.3 is 5.32 Å². The van der Waals surface area contributed by atoms with Gasteiger partial charge in [0.05, 0.1) is 0 Å². The lowest BCUT2D eigenvalue weighted by Crippen LogP contribution is -2.32. The van der Waals surface area contributed by atoms with Crippen LogP contribution in [-0.4, -0.2) is 16.9 Å². The molecular weight excluding hydrogens is 224 g/mol. The van der Waals surface area contributed by atoms with Crippen molar-refractivity contribution in [3.63, 3.8) is 0 Å². The third-order valence-electron chi connectivity index (χ3n) is 3.07. The highest BCUT2D eigenvalue weighted by Gasteiger charge is 2.14. The Kier molecular flexibility index (Phi) is 3.60. The van der Waals surface area contributed by atoms with E-state index in [1.165, 1.54) is 0 Å². The summed E-state index contributed by atoms with van der Waals surface area (Å²) in [4.78, 5) is 16.6. The first-order valence-corrected chi connectivity index (χ1v) is 6.29. The maximum absolute atomic E-state index is 12.2. The van der Waals surface area contributed by atoms with E-state index in [-0.39, 0.29) is 11.9 Å². The van der Waals surface area contributed by atoms with Crippen LogP contribution in [-0.2, 0) is 0 Å². The smallest absolute Gasteiger partial charge is 0.270 e. The van der Waals surface area contributed by atoms with Crippen LogP contribution in [0.1, 0.15) is 36.5 Å². The summed E-state index contributed by atoms with van der Waals surface area (Å²) < 4.78 is 0. The second-order valence-corrected chi connectivity index (χ2v) is 4.62. The molecular formula is C15H18N2O. The van der Waals surface area contributed by atoms with E-state index < -0.39 is 0 Å².